The number of benzene rings is 2. The summed E-state index contributed by atoms with van der Waals surface area (Å²) in [7, 11) is -3.74. The highest BCUT2D eigenvalue weighted by atomic mass is 79.9. The number of piperidine rings is 1. The zero-order chi connectivity index (χ0) is 19.7. The van der Waals surface area contributed by atoms with E-state index in [9.17, 15) is 13.2 Å². The molecule has 146 valence electrons. The quantitative estimate of drug-likeness (QED) is 0.635. The number of aromatic nitrogens is 2. The Hall–Kier alpha value is -2.30. The topological polar surface area (TPSA) is 105 Å². The van der Waals surface area contributed by atoms with Crippen molar-refractivity contribution in [2.75, 3.05) is 18.4 Å². The summed E-state index contributed by atoms with van der Waals surface area (Å²) in [4.78, 5) is 12.6. The van der Waals surface area contributed by atoms with Crippen LogP contribution in [0.4, 0.5) is 5.69 Å². The first-order valence-electron chi connectivity index (χ1n) is 8.73. The van der Waals surface area contributed by atoms with Gasteiger partial charge in [-0.3, -0.25) is 4.79 Å². The molecule has 1 saturated heterocycles. The Morgan fingerprint density at radius 1 is 1.11 bits per heavy atom. The molecular weight excluding hydrogens is 448 g/mol. The number of nitrogens with one attached hydrogen (secondary N) is 1. The second kappa shape index (κ2) is 7.61. The first kappa shape index (κ1) is 19.0. The predicted octanol–water partition coefficient (Wildman–Crippen LogP) is 3.02. The first-order chi connectivity index (χ1) is 13.4. The molecule has 0 atom stereocenters. The second-order valence-electron chi connectivity index (χ2n) is 6.56. The maximum absolute atomic E-state index is 13.0. The lowest BCUT2D eigenvalue weighted by Gasteiger charge is -2.30. The summed E-state index contributed by atoms with van der Waals surface area (Å²) in [5.74, 6) is -0.332. The molecule has 0 spiro atoms. The lowest BCUT2D eigenvalue weighted by Crippen LogP contribution is -2.41. The van der Waals surface area contributed by atoms with Crippen LogP contribution in [-0.4, -0.2) is 42.0 Å². The Morgan fingerprint density at radius 2 is 1.82 bits per heavy atom. The van der Waals surface area contributed by atoms with Crippen LogP contribution in [0.3, 0.4) is 0 Å². The molecule has 1 aliphatic rings. The smallest absolute Gasteiger partial charge is 0.245 e. The van der Waals surface area contributed by atoms with Gasteiger partial charge in [0.1, 0.15) is 10.4 Å². The van der Waals surface area contributed by atoms with E-state index in [0.717, 1.165) is 4.47 Å². The molecule has 0 aliphatic carbocycles. The van der Waals surface area contributed by atoms with Crippen LogP contribution < -0.4 is 5.32 Å². The molecule has 1 aliphatic heterocycles. The fourth-order valence-electron chi connectivity index (χ4n) is 3.26. The highest BCUT2D eigenvalue weighted by Crippen LogP contribution is 2.28. The van der Waals surface area contributed by atoms with Gasteiger partial charge < -0.3 is 5.32 Å². The molecular formula is C18H17BrN4O4S. The van der Waals surface area contributed by atoms with Gasteiger partial charge >= 0.3 is 0 Å². The highest BCUT2D eigenvalue weighted by Gasteiger charge is 2.33. The first-order valence-corrected chi connectivity index (χ1v) is 11.0. The molecule has 0 unspecified atom stereocenters. The van der Waals surface area contributed by atoms with Crippen LogP contribution in [0.1, 0.15) is 12.8 Å². The van der Waals surface area contributed by atoms with Crippen LogP contribution in [0.2, 0.25) is 0 Å². The molecule has 1 fully saturated rings. The second-order valence-corrected chi connectivity index (χ2v) is 9.38. The molecule has 10 heteroatoms. The van der Waals surface area contributed by atoms with E-state index in [-0.39, 0.29) is 35.3 Å². The van der Waals surface area contributed by atoms with Gasteiger partial charge in [0.05, 0.1) is 0 Å². The Morgan fingerprint density at radius 3 is 2.54 bits per heavy atom. The van der Waals surface area contributed by atoms with E-state index in [1.165, 1.54) is 10.4 Å². The number of anilines is 1. The number of fused-ring (bicyclic) bond motifs is 1. The van der Waals surface area contributed by atoms with Crippen LogP contribution >= 0.6 is 15.9 Å². The lowest BCUT2D eigenvalue weighted by molar-refractivity contribution is -0.120. The molecule has 1 amide bonds. The van der Waals surface area contributed by atoms with E-state index in [4.69, 9.17) is 0 Å². The number of halogens is 1. The minimum absolute atomic E-state index is 0.0732. The number of carbonyl (C=O) groups is 1. The lowest BCUT2D eigenvalue weighted by atomic mass is 9.97. The van der Waals surface area contributed by atoms with Crippen LogP contribution in [-0.2, 0) is 14.8 Å². The molecule has 0 saturated carbocycles. The normalized spacial score (nSPS) is 16.3. The molecule has 0 radical (unpaired) electrons. The van der Waals surface area contributed by atoms with E-state index in [1.807, 2.05) is 24.3 Å². The summed E-state index contributed by atoms with van der Waals surface area (Å²) in [6.45, 7) is 0.533. The SMILES string of the molecule is O=C(Nc1ccc(Br)cc1)C1CCN(S(=O)(=O)c2cccc3nonc23)CC1. The zero-order valence-electron chi connectivity index (χ0n) is 14.7. The number of sulfonamides is 1. The summed E-state index contributed by atoms with van der Waals surface area (Å²) in [6.07, 6.45) is 0.906. The average Bonchev–Trinajstić information content (AvgIpc) is 3.18. The van der Waals surface area contributed by atoms with Gasteiger partial charge in [-0.15, -0.1) is 0 Å². The Labute approximate surface area is 170 Å². The zero-order valence-corrected chi connectivity index (χ0v) is 17.1. The van der Waals surface area contributed by atoms with Crippen LogP contribution in [0.15, 0.2) is 56.5 Å². The third kappa shape index (κ3) is 3.67. The van der Waals surface area contributed by atoms with E-state index >= 15 is 0 Å². The minimum Gasteiger partial charge on any atom is -0.326 e. The fourth-order valence-corrected chi connectivity index (χ4v) is 5.14. The van der Waals surface area contributed by atoms with Crippen molar-refractivity contribution < 1.29 is 17.8 Å². The van der Waals surface area contributed by atoms with Crippen molar-refractivity contribution in [3.63, 3.8) is 0 Å². The predicted molar refractivity (Wildman–Crippen MR) is 106 cm³/mol. The monoisotopic (exact) mass is 464 g/mol. The molecule has 1 N–H and O–H groups in total. The standard InChI is InChI=1S/C18H17BrN4O4S/c19-13-4-6-14(7-5-13)20-18(24)12-8-10-23(11-9-12)28(25,26)16-3-1-2-15-17(16)22-27-21-15/h1-7,12H,8-11H2,(H,20,24). The van der Waals surface area contributed by atoms with Crippen LogP contribution in [0.25, 0.3) is 11.0 Å². The van der Waals surface area contributed by atoms with E-state index in [2.05, 4.69) is 36.2 Å². The van der Waals surface area contributed by atoms with Gasteiger partial charge in [0.25, 0.3) is 0 Å². The van der Waals surface area contributed by atoms with Crippen molar-refractivity contribution in [2.45, 2.75) is 17.7 Å². The van der Waals surface area contributed by atoms with Gasteiger partial charge in [-0.1, -0.05) is 22.0 Å². The molecule has 2 aromatic carbocycles. The van der Waals surface area contributed by atoms with E-state index in [0.29, 0.717) is 24.0 Å². The third-order valence-electron chi connectivity index (χ3n) is 4.80. The van der Waals surface area contributed by atoms with Gasteiger partial charge in [0, 0.05) is 29.2 Å². The largest absolute Gasteiger partial charge is 0.326 e. The molecule has 4 rings (SSSR count). The summed E-state index contributed by atoms with van der Waals surface area (Å²) in [5.41, 5.74) is 1.33. The van der Waals surface area contributed by atoms with Crippen LogP contribution in [0.5, 0.6) is 0 Å². The Balaban J connectivity index is 1.44. The molecule has 0 bridgehead atoms. The van der Waals surface area contributed by atoms with Crippen LogP contribution in [0, 0.1) is 5.92 Å². The summed E-state index contributed by atoms with van der Waals surface area (Å²) in [5, 5.41) is 10.3. The van der Waals surface area contributed by atoms with Crippen molar-refractivity contribution in [3.8, 4) is 0 Å². The number of hydrogen-bond acceptors (Lipinski definition) is 6. The maximum atomic E-state index is 13.0. The maximum Gasteiger partial charge on any atom is 0.245 e. The summed E-state index contributed by atoms with van der Waals surface area (Å²) >= 11 is 3.36. The average molecular weight is 465 g/mol. The molecule has 2 heterocycles. The fraction of sp³-hybridized carbons (Fsp3) is 0.278. The van der Waals surface area contributed by atoms with E-state index in [1.54, 1.807) is 12.1 Å². The van der Waals surface area contributed by atoms with Crippen molar-refractivity contribution in [1.29, 1.82) is 0 Å². The number of carbonyl (C=O) groups excluding carboxylic acids is 1. The number of hydrogen-bond donors (Lipinski definition) is 1. The van der Waals surface area contributed by atoms with Crippen molar-refractivity contribution >= 4 is 48.6 Å². The highest BCUT2D eigenvalue weighted by molar-refractivity contribution is 9.10. The van der Waals surface area contributed by atoms with Gasteiger partial charge in [-0.2, -0.15) is 4.31 Å². The molecule has 3 aromatic rings. The molecule has 28 heavy (non-hydrogen) atoms. The van der Waals surface area contributed by atoms with Crippen molar-refractivity contribution in [3.05, 3.63) is 46.9 Å². The Kier molecular flexibility index (Phi) is 5.17. The van der Waals surface area contributed by atoms with Crippen molar-refractivity contribution in [1.82, 2.24) is 14.6 Å². The molecule has 8 nitrogen and oxygen atoms in total. The van der Waals surface area contributed by atoms with Gasteiger partial charge in [0.15, 0.2) is 5.52 Å². The van der Waals surface area contributed by atoms with Crippen molar-refractivity contribution in [2.24, 2.45) is 5.92 Å². The third-order valence-corrected chi connectivity index (χ3v) is 7.26. The van der Waals surface area contributed by atoms with Gasteiger partial charge in [0.2, 0.25) is 15.9 Å². The summed E-state index contributed by atoms with van der Waals surface area (Å²) in [6, 6.07) is 12.1. The number of rotatable bonds is 4. The van der Waals surface area contributed by atoms with E-state index < -0.39 is 10.0 Å². The number of nitrogens with zero attached hydrogens (tertiary/aromatic N) is 3. The Bertz CT molecular complexity index is 1110. The van der Waals surface area contributed by atoms with Gasteiger partial charge in [-0.25, -0.2) is 13.0 Å². The molecule has 1 aromatic heterocycles. The minimum atomic E-state index is -3.74. The van der Waals surface area contributed by atoms with Gasteiger partial charge in [-0.05, 0) is 59.6 Å². The number of amides is 1. The summed E-state index contributed by atoms with van der Waals surface area (Å²) < 4.78 is 33.0.